The number of fused-ring (bicyclic) bond motifs is 2. The number of hydrogen-bond donors (Lipinski definition) is 5. The van der Waals surface area contributed by atoms with Crippen molar-refractivity contribution in [3.8, 4) is 5.75 Å². The third-order valence-corrected chi connectivity index (χ3v) is 6.81. The summed E-state index contributed by atoms with van der Waals surface area (Å²) < 4.78 is 11.4. The number of carbonyl (C=O) groups is 2. The molecule has 4 aromatic rings. The van der Waals surface area contributed by atoms with E-state index in [9.17, 15) is 14.7 Å². The Morgan fingerprint density at radius 3 is 2.97 bits per heavy atom. The molecule has 0 aliphatic carbocycles. The average Bonchev–Trinajstić information content (AvgIpc) is 3.56. The molecule has 2 aliphatic heterocycles. The van der Waals surface area contributed by atoms with Gasteiger partial charge in [0.05, 0.1) is 35.8 Å². The predicted molar refractivity (Wildman–Crippen MR) is 135 cm³/mol. The number of aromatic hydroxyl groups is 1. The van der Waals surface area contributed by atoms with E-state index in [1.807, 2.05) is 12.1 Å². The molecular formula is C24H22ClN5O5S. The second-order valence-electron chi connectivity index (χ2n) is 8.19. The summed E-state index contributed by atoms with van der Waals surface area (Å²) in [5.41, 5.74) is 4.43. The van der Waals surface area contributed by atoms with E-state index in [2.05, 4.69) is 25.6 Å². The second kappa shape index (κ2) is 9.41. The van der Waals surface area contributed by atoms with Gasteiger partial charge in [-0.3, -0.25) is 4.79 Å². The molecular weight excluding hydrogens is 506 g/mol. The highest BCUT2D eigenvalue weighted by molar-refractivity contribution is 7.99. The largest absolute Gasteiger partial charge is 0.508 e. The molecule has 6 rings (SSSR count). The summed E-state index contributed by atoms with van der Waals surface area (Å²) in [7, 11) is 0. The molecule has 5 heterocycles. The number of ketones is 1. The Balaban J connectivity index is 0.00000267. The van der Waals surface area contributed by atoms with Crippen LogP contribution >= 0.6 is 24.2 Å². The minimum absolute atomic E-state index is 0. The third-order valence-electron chi connectivity index (χ3n) is 6.01. The SMILES string of the molecule is CCOC(=O)c1[nH]cc2c1NC1=C(C(=O)CNC1)C2c1ccc(Sc2nc3cc(O)ccc3[nH]2)o1.Cl. The number of hydrogen-bond acceptors (Lipinski definition) is 9. The summed E-state index contributed by atoms with van der Waals surface area (Å²) in [4.78, 5) is 36.2. The molecule has 186 valence electrons. The van der Waals surface area contributed by atoms with E-state index in [0.717, 1.165) is 11.1 Å². The van der Waals surface area contributed by atoms with Crippen LogP contribution in [0.2, 0.25) is 0 Å². The lowest BCUT2D eigenvalue weighted by atomic mass is 9.82. The summed E-state index contributed by atoms with van der Waals surface area (Å²) in [6.45, 7) is 2.71. The van der Waals surface area contributed by atoms with E-state index in [1.54, 1.807) is 31.3 Å². The lowest BCUT2D eigenvalue weighted by Crippen LogP contribution is -2.39. The first-order valence-electron chi connectivity index (χ1n) is 11.1. The Kier molecular flexibility index (Phi) is 6.29. The number of halogens is 1. The number of furan rings is 1. The smallest absolute Gasteiger partial charge is 0.356 e. The molecule has 5 N–H and O–H groups in total. The van der Waals surface area contributed by atoms with Gasteiger partial charge in [0.1, 0.15) is 17.2 Å². The highest BCUT2D eigenvalue weighted by Crippen LogP contribution is 2.45. The van der Waals surface area contributed by atoms with E-state index < -0.39 is 11.9 Å². The molecule has 0 bridgehead atoms. The maximum atomic E-state index is 12.9. The third kappa shape index (κ3) is 4.04. The number of benzene rings is 1. The first kappa shape index (κ1) is 24.0. The zero-order chi connectivity index (χ0) is 24.1. The van der Waals surface area contributed by atoms with Crippen LogP contribution in [0.3, 0.4) is 0 Å². The van der Waals surface area contributed by atoms with Crippen LogP contribution in [-0.2, 0) is 9.53 Å². The number of aromatic amines is 2. The van der Waals surface area contributed by atoms with Crippen molar-refractivity contribution in [2.45, 2.75) is 23.1 Å². The molecule has 0 saturated carbocycles. The van der Waals surface area contributed by atoms with Gasteiger partial charge in [-0.05, 0) is 43.0 Å². The molecule has 10 nitrogen and oxygen atoms in total. The number of H-pyrrole nitrogens is 2. The van der Waals surface area contributed by atoms with Gasteiger partial charge in [-0.15, -0.1) is 12.4 Å². The quantitative estimate of drug-likeness (QED) is 0.244. The number of imidazole rings is 1. The zero-order valence-electron chi connectivity index (χ0n) is 19.0. The summed E-state index contributed by atoms with van der Waals surface area (Å²) in [6, 6.07) is 8.61. The van der Waals surface area contributed by atoms with Gasteiger partial charge in [-0.1, -0.05) is 0 Å². The Morgan fingerprint density at radius 2 is 2.14 bits per heavy atom. The predicted octanol–water partition coefficient (Wildman–Crippen LogP) is 3.92. The molecule has 1 atom stereocenters. The number of anilines is 1. The molecule has 0 amide bonds. The summed E-state index contributed by atoms with van der Waals surface area (Å²) in [6.07, 6.45) is 1.72. The van der Waals surface area contributed by atoms with Gasteiger partial charge in [-0.2, -0.15) is 0 Å². The van der Waals surface area contributed by atoms with E-state index in [0.29, 0.717) is 50.7 Å². The van der Waals surface area contributed by atoms with Crippen molar-refractivity contribution < 1.29 is 23.8 Å². The van der Waals surface area contributed by atoms with Crippen LogP contribution < -0.4 is 10.6 Å². The fourth-order valence-electron chi connectivity index (χ4n) is 4.53. The van der Waals surface area contributed by atoms with E-state index in [4.69, 9.17) is 9.15 Å². The maximum absolute atomic E-state index is 12.9. The average molecular weight is 528 g/mol. The number of rotatable bonds is 5. The van der Waals surface area contributed by atoms with Gasteiger partial charge in [0.15, 0.2) is 16.0 Å². The monoisotopic (exact) mass is 527 g/mol. The van der Waals surface area contributed by atoms with Gasteiger partial charge >= 0.3 is 5.97 Å². The summed E-state index contributed by atoms with van der Waals surface area (Å²) in [5.74, 6) is -0.243. The van der Waals surface area contributed by atoms with Crippen LogP contribution in [0.4, 0.5) is 5.69 Å². The van der Waals surface area contributed by atoms with Crippen LogP contribution in [0, 0.1) is 0 Å². The molecule has 0 radical (unpaired) electrons. The van der Waals surface area contributed by atoms with Crippen LogP contribution in [0.15, 0.2) is 62.5 Å². The van der Waals surface area contributed by atoms with E-state index in [1.165, 1.54) is 11.8 Å². The number of aromatic nitrogens is 3. The number of ether oxygens (including phenoxy) is 1. The van der Waals surface area contributed by atoms with Crippen LogP contribution in [0.25, 0.3) is 11.0 Å². The molecule has 0 spiro atoms. The van der Waals surface area contributed by atoms with Crippen molar-refractivity contribution in [2.24, 2.45) is 0 Å². The molecule has 36 heavy (non-hydrogen) atoms. The number of esters is 1. The summed E-state index contributed by atoms with van der Waals surface area (Å²) in [5, 5.41) is 17.3. The fourth-order valence-corrected chi connectivity index (χ4v) is 5.30. The number of nitrogens with zero attached hydrogens (tertiary/aromatic N) is 1. The number of phenolic OH excluding ortho intramolecular Hbond substituents is 1. The first-order chi connectivity index (χ1) is 17.0. The van der Waals surface area contributed by atoms with Gasteiger partial charge in [0.2, 0.25) is 0 Å². The lowest BCUT2D eigenvalue weighted by molar-refractivity contribution is -0.115. The topological polar surface area (TPSA) is 145 Å². The molecule has 1 unspecified atom stereocenters. The van der Waals surface area contributed by atoms with Crippen LogP contribution in [-0.4, -0.2) is 51.5 Å². The van der Waals surface area contributed by atoms with Crippen molar-refractivity contribution in [2.75, 3.05) is 25.0 Å². The van der Waals surface area contributed by atoms with Gasteiger partial charge < -0.3 is 34.9 Å². The Hall–Kier alpha value is -3.67. The van der Waals surface area contributed by atoms with Gasteiger partial charge in [-0.25, -0.2) is 9.78 Å². The van der Waals surface area contributed by atoms with Crippen molar-refractivity contribution in [3.63, 3.8) is 0 Å². The highest BCUT2D eigenvalue weighted by Gasteiger charge is 2.39. The zero-order valence-corrected chi connectivity index (χ0v) is 20.6. The fraction of sp³-hybridized carbons (Fsp3) is 0.208. The Morgan fingerprint density at radius 1 is 1.28 bits per heavy atom. The maximum Gasteiger partial charge on any atom is 0.356 e. The van der Waals surface area contributed by atoms with Crippen molar-refractivity contribution in [1.29, 1.82) is 0 Å². The van der Waals surface area contributed by atoms with Crippen molar-refractivity contribution in [3.05, 3.63) is 64.8 Å². The summed E-state index contributed by atoms with van der Waals surface area (Å²) >= 11 is 1.31. The standard InChI is InChI=1S/C24H21N5O5S.ClH/c1-2-33-23(32)22-21-12(8-26-22)19(20-15(27-21)9-25-10-16(20)31)17-5-6-18(34-17)35-24-28-13-4-3-11(30)7-14(13)29-24;/h3-8,19,25-27,30H,2,9-10H2,1H3,(H,28,29);1H. The van der Waals surface area contributed by atoms with Crippen LogP contribution in [0.5, 0.6) is 5.75 Å². The van der Waals surface area contributed by atoms with Crippen molar-refractivity contribution in [1.82, 2.24) is 20.3 Å². The number of phenols is 1. The lowest BCUT2D eigenvalue weighted by Gasteiger charge is -2.31. The first-order valence-corrected chi connectivity index (χ1v) is 11.9. The van der Waals surface area contributed by atoms with Crippen molar-refractivity contribution >= 4 is 52.6 Å². The molecule has 12 heteroatoms. The minimum Gasteiger partial charge on any atom is -0.508 e. The molecule has 0 fully saturated rings. The molecule has 1 aromatic carbocycles. The number of carbonyl (C=O) groups excluding carboxylic acids is 2. The van der Waals surface area contributed by atoms with E-state index >= 15 is 0 Å². The molecule has 0 saturated heterocycles. The Bertz CT molecular complexity index is 1520. The van der Waals surface area contributed by atoms with Crippen LogP contribution in [0.1, 0.15) is 34.7 Å². The van der Waals surface area contributed by atoms with Gasteiger partial charge in [0.25, 0.3) is 0 Å². The number of Topliss-reactive ketones (excluding diaryl/α,β-unsaturated/α-hetero) is 1. The van der Waals surface area contributed by atoms with E-state index in [-0.39, 0.29) is 37.1 Å². The molecule has 3 aromatic heterocycles. The van der Waals surface area contributed by atoms with Gasteiger partial charge in [0, 0.05) is 35.6 Å². The minimum atomic E-state index is -0.475. The normalized spacial score (nSPS) is 16.8. The molecule has 2 aliphatic rings. The highest BCUT2D eigenvalue weighted by atomic mass is 35.5. The Labute approximate surface area is 215 Å². The number of nitrogens with one attached hydrogen (secondary N) is 4. The second-order valence-corrected chi connectivity index (χ2v) is 9.19.